The van der Waals surface area contributed by atoms with E-state index in [0.29, 0.717) is 0 Å². The molecule has 2 rings (SSSR count). The van der Waals surface area contributed by atoms with Gasteiger partial charge in [0, 0.05) is 37.9 Å². The van der Waals surface area contributed by atoms with Crippen LogP contribution in [0.2, 0.25) is 0 Å². The number of anilines is 1. The van der Waals surface area contributed by atoms with Crippen LogP contribution in [0.3, 0.4) is 0 Å². The van der Waals surface area contributed by atoms with Gasteiger partial charge in [-0.1, -0.05) is 0 Å². The second-order valence-electron chi connectivity index (χ2n) is 4.21. The molecule has 1 aromatic heterocycles. The van der Waals surface area contributed by atoms with Gasteiger partial charge in [-0.2, -0.15) is 0 Å². The Bertz CT molecular complexity index is 322. The molecule has 0 aliphatic carbocycles. The van der Waals surface area contributed by atoms with Gasteiger partial charge in [-0.15, -0.1) is 0 Å². The monoisotopic (exact) mass is 206 g/mol. The van der Waals surface area contributed by atoms with Crippen molar-refractivity contribution in [2.45, 2.75) is 13.8 Å². The van der Waals surface area contributed by atoms with Crippen LogP contribution in [0.5, 0.6) is 0 Å². The van der Waals surface area contributed by atoms with Gasteiger partial charge in [-0.05, 0) is 20.9 Å². The van der Waals surface area contributed by atoms with Crippen LogP contribution >= 0.6 is 0 Å². The number of rotatable bonds is 1. The largest absolute Gasteiger partial charge is 0.354 e. The van der Waals surface area contributed by atoms with Crippen molar-refractivity contribution in [3.63, 3.8) is 0 Å². The minimum atomic E-state index is 0.865. The average molecular weight is 206 g/mol. The predicted octanol–water partition coefficient (Wildman–Crippen LogP) is 0.845. The molecule has 0 saturated carbocycles. The topological polar surface area (TPSA) is 32.3 Å². The first-order valence-corrected chi connectivity index (χ1v) is 5.41. The lowest BCUT2D eigenvalue weighted by Crippen LogP contribution is -2.44. The molecule has 2 heterocycles. The zero-order valence-electron chi connectivity index (χ0n) is 9.69. The Morgan fingerprint density at radius 3 is 2.33 bits per heavy atom. The standard InChI is InChI=1S/C11H18N4/c1-9-8-11(13-10(2)12-9)15-6-4-14(3)5-7-15/h8H,4-7H2,1-3H3. The van der Waals surface area contributed by atoms with E-state index in [0.717, 1.165) is 43.5 Å². The number of nitrogens with zero attached hydrogens (tertiary/aromatic N) is 4. The van der Waals surface area contributed by atoms with Crippen molar-refractivity contribution in [2.75, 3.05) is 38.1 Å². The normalized spacial score (nSPS) is 18.2. The second kappa shape index (κ2) is 4.14. The maximum Gasteiger partial charge on any atom is 0.132 e. The van der Waals surface area contributed by atoms with Crippen LogP contribution in [-0.2, 0) is 0 Å². The van der Waals surface area contributed by atoms with Crippen LogP contribution in [0.25, 0.3) is 0 Å². The van der Waals surface area contributed by atoms with Crippen molar-refractivity contribution >= 4 is 5.82 Å². The number of hydrogen-bond donors (Lipinski definition) is 0. The highest BCUT2D eigenvalue weighted by atomic mass is 15.3. The van der Waals surface area contributed by atoms with Crippen LogP contribution in [0.4, 0.5) is 5.82 Å². The van der Waals surface area contributed by atoms with Crippen molar-refractivity contribution in [2.24, 2.45) is 0 Å². The number of aromatic nitrogens is 2. The summed E-state index contributed by atoms with van der Waals surface area (Å²) in [4.78, 5) is 13.5. The van der Waals surface area contributed by atoms with Gasteiger partial charge >= 0.3 is 0 Å². The van der Waals surface area contributed by atoms with E-state index in [1.165, 1.54) is 0 Å². The van der Waals surface area contributed by atoms with E-state index in [1.807, 2.05) is 13.8 Å². The fraction of sp³-hybridized carbons (Fsp3) is 0.636. The highest BCUT2D eigenvalue weighted by Gasteiger charge is 2.15. The summed E-state index contributed by atoms with van der Waals surface area (Å²) < 4.78 is 0. The van der Waals surface area contributed by atoms with Crippen LogP contribution in [0.1, 0.15) is 11.5 Å². The summed E-state index contributed by atoms with van der Waals surface area (Å²) in [5, 5.41) is 0. The second-order valence-corrected chi connectivity index (χ2v) is 4.21. The van der Waals surface area contributed by atoms with E-state index < -0.39 is 0 Å². The third-order valence-corrected chi connectivity index (χ3v) is 2.78. The Hall–Kier alpha value is -1.16. The fourth-order valence-corrected chi connectivity index (χ4v) is 1.89. The van der Waals surface area contributed by atoms with Gasteiger partial charge in [0.2, 0.25) is 0 Å². The van der Waals surface area contributed by atoms with Crippen molar-refractivity contribution in [1.82, 2.24) is 14.9 Å². The molecule has 0 atom stereocenters. The SMILES string of the molecule is Cc1cc(N2CCN(C)CC2)nc(C)n1. The predicted molar refractivity (Wildman–Crippen MR) is 61.2 cm³/mol. The number of hydrogen-bond acceptors (Lipinski definition) is 4. The maximum atomic E-state index is 4.48. The lowest BCUT2D eigenvalue weighted by Gasteiger charge is -2.33. The van der Waals surface area contributed by atoms with Gasteiger partial charge in [-0.3, -0.25) is 0 Å². The molecule has 0 radical (unpaired) electrons. The van der Waals surface area contributed by atoms with E-state index in [9.17, 15) is 0 Å². The van der Waals surface area contributed by atoms with Crippen molar-refractivity contribution in [3.8, 4) is 0 Å². The van der Waals surface area contributed by atoms with Gasteiger partial charge in [-0.25, -0.2) is 9.97 Å². The molecular weight excluding hydrogens is 188 g/mol. The smallest absolute Gasteiger partial charge is 0.132 e. The molecule has 1 aliphatic heterocycles. The Morgan fingerprint density at radius 2 is 1.73 bits per heavy atom. The molecule has 1 fully saturated rings. The quantitative estimate of drug-likeness (QED) is 0.682. The van der Waals surface area contributed by atoms with Gasteiger partial charge in [0.25, 0.3) is 0 Å². The third-order valence-electron chi connectivity index (χ3n) is 2.78. The van der Waals surface area contributed by atoms with Crippen molar-refractivity contribution in [3.05, 3.63) is 17.6 Å². The maximum absolute atomic E-state index is 4.48. The first-order chi connectivity index (χ1) is 7.15. The zero-order valence-corrected chi connectivity index (χ0v) is 9.69. The Balaban J connectivity index is 2.15. The first kappa shape index (κ1) is 10.4. The van der Waals surface area contributed by atoms with Gasteiger partial charge < -0.3 is 9.80 Å². The molecule has 0 N–H and O–H groups in total. The molecule has 4 heteroatoms. The summed E-state index contributed by atoms with van der Waals surface area (Å²) in [6, 6.07) is 2.07. The minimum absolute atomic E-state index is 0.865. The number of aryl methyl sites for hydroxylation is 2. The first-order valence-electron chi connectivity index (χ1n) is 5.41. The molecule has 1 aromatic rings. The molecule has 0 unspecified atom stereocenters. The molecular formula is C11H18N4. The summed E-state index contributed by atoms with van der Waals surface area (Å²) in [6.45, 7) is 8.32. The van der Waals surface area contributed by atoms with Crippen molar-refractivity contribution < 1.29 is 0 Å². The molecule has 82 valence electrons. The molecule has 0 aromatic carbocycles. The van der Waals surface area contributed by atoms with Gasteiger partial charge in [0.15, 0.2) is 0 Å². The summed E-state index contributed by atoms with van der Waals surface area (Å²) in [6.07, 6.45) is 0. The molecule has 1 saturated heterocycles. The summed E-state index contributed by atoms with van der Waals surface area (Å²) in [5.41, 5.74) is 1.05. The van der Waals surface area contributed by atoms with Gasteiger partial charge in [0.1, 0.15) is 11.6 Å². The third kappa shape index (κ3) is 2.45. The highest BCUT2D eigenvalue weighted by molar-refractivity contribution is 5.40. The number of piperazine rings is 1. The summed E-state index contributed by atoms with van der Waals surface area (Å²) in [5.74, 6) is 1.94. The molecule has 15 heavy (non-hydrogen) atoms. The average Bonchev–Trinajstić information content (AvgIpc) is 2.17. The van der Waals surface area contributed by atoms with Crippen LogP contribution in [0.15, 0.2) is 6.07 Å². The Labute approximate surface area is 90.9 Å². The van der Waals surface area contributed by atoms with Gasteiger partial charge in [0.05, 0.1) is 0 Å². The van der Waals surface area contributed by atoms with E-state index in [2.05, 4.69) is 32.9 Å². The molecule has 4 nitrogen and oxygen atoms in total. The number of likely N-dealkylation sites (N-methyl/N-ethyl adjacent to an activating group) is 1. The zero-order chi connectivity index (χ0) is 10.8. The molecule has 0 amide bonds. The molecule has 0 spiro atoms. The van der Waals surface area contributed by atoms with Crippen molar-refractivity contribution in [1.29, 1.82) is 0 Å². The molecule has 0 bridgehead atoms. The van der Waals surface area contributed by atoms with Crippen LogP contribution < -0.4 is 4.90 Å². The lowest BCUT2D eigenvalue weighted by molar-refractivity contribution is 0.312. The molecule has 1 aliphatic rings. The lowest BCUT2D eigenvalue weighted by atomic mass is 10.3. The highest BCUT2D eigenvalue weighted by Crippen LogP contribution is 2.14. The Morgan fingerprint density at radius 1 is 1.07 bits per heavy atom. The van der Waals surface area contributed by atoms with Crippen LogP contribution in [-0.4, -0.2) is 48.1 Å². The summed E-state index contributed by atoms with van der Waals surface area (Å²) >= 11 is 0. The Kier molecular flexibility index (Phi) is 2.86. The van der Waals surface area contributed by atoms with E-state index in [1.54, 1.807) is 0 Å². The minimum Gasteiger partial charge on any atom is -0.354 e. The summed E-state index contributed by atoms with van der Waals surface area (Å²) in [7, 11) is 2.16. The fourth-order valence-electron chi connectivity index (χ4n) is 1.89. The van der Waals surface area contributed by atoms with E-state index >= 15 is 0 Å². The van der Waals surface area contributed by atoms with E-state index in [-0.39, 0.29) is 0 Å². The van der Waals surface area contributed by atoms with Crippen LogP contribution in [0, 0.1) is 13.8 Å². The van der Waals surface area contributed by atoms with E-state index in [4.69, 9.17) is 0 Å².